The standard InChI is InChI=1S/C16H17NO2/c1-3-19-16(18)13(2)12-15-10-7-11-17(15)14-8-5-4-6-9-14/h4-12H,3H2,1-2H3/b13-12-. The monoisotopic (exact) mass is 255 g/mol. The van der Waals surface area contributed by atoms with Gasteiger partial charge in [-0.05, 0) is 44.2 Å². The largest absolute Gasteiger partial charge is 0.463 e. The highest BCUT2D eigenvalue weighted by Crippen LogP contribution is 2.15. The summed E-state index contributed by atoms with van der Waals surface area (Å²) in [6.45, 7) is 3.96. The molecule has 0 radical (unpaired) electrons. The lowest BCUT2D eigenvalue weighted by molar-refractivity contribution is -0.138. The number of para-hydroxylation sites is 1. The van der Waals surface area contributed by atoms with Crippen molar-refractivity contribution in [3.8, 4) is 5.69 Å². The summed E-state index contributed by atoms with van der Waals surface area (Å²) in [7, 11) is 0. The maximum absolute atomic E-state index is 11.6. The molecule has 0 saturated carbocycles. The molecule has 0 saturated heterocycles. The molecule has 0 atom stereocenters. The van der Waals surface area contributed by atoms with Gasteiger partial charge in [0.15, 0.2) is 0 Å². The highest BCUT2D eigenvalue weighted by atomic mass is 16.5. The number of nitrogens with zero attached hydrogens (tertiary/aromatic N) is 1. The van der Waals surface area contributed by atoms with Crippen LogP contribution in [0.3, 0.4) is 0 Å². The molecule has 19 heavy (non-hydrogen) atoms. The second-order valence-corrected chi connectivity index (χ2v) is 4.19. The van der Waals surface area contributed by atoms with Crippen molar-refractivity contribution in [3.05, 3.63) is 59.9 Å². The predicted octanol–water partition coefficient (Wildman–Crippen LogP) is 3.44. The molecule has 2 aromatic rings. The summed E-state index contributed by atoms with van der Waals surface area (Å²) >= 11 is 0. The van der Waals surface area contributed by atoms with E-state index in [0.29, 0.717) is 12.2 Å². The van der Waals surface area contributed by atoms with Gasteiger partial charge in [-0.15, -0.1) is 0 Å². The first-order valence-electron chi connectivity index (χ1n) is 6.30. The van der Waals surface area contributed by atoms with Gasteiger partial charge in [0.25, 0.3) is 0 Å². The molecule has 0 spiro atoms. The van der Waals surface area contributed by atoms with E-state index in [2.05, 4.69) is 0 Å². The highest BCUT2D eigenvalue weighted by Gasteiger charge is 2.07. The summed E-state index contributed by atoms with van der Waals surface area (Å²) in [6.07, 6.45) is 3.81. The fourth-order valence-electron chi connectivity index (χ4n) is 1.86. The smallest absolute Gasteiger partial charge is 0.333 e. The lowest BCUT2D eigenvalue weighted by atomic mass is 10.2. The number of hydrogen-bond donors (Lipinski definition) is 0. The molecule has 0 amide bonds. The van der Waals surface area contributed by atoms with Crippen molar-refractivity contribution in [2.75, 3.05) is 6.61 Å². The molecule has 0 N–H and O–H groups in total. The van der Waals surface area contributed by atoms with Gasteiger partial charge in [-0.25, -0.2) is 4.79 Å². The van der Waals surface area contributed by atoms with Gasteiger partial charge in [0.1, 0.15) is 0 Å². The number of carbonyl (C=O) groups is 1. The molecule has 1 heterocycles. The minimum Gasteiger partial charge on any atom is -0.463 e. The van der Waals surface area contributed by atoms with Crippen LogP contribution < -0.4 is 0 Å². The van der Waals surface area contributed by atoms with Gasteiger partial charge in [-0.1, -0.05) is 18.2 Å². The fraction of sp³-hybridized carbons (Fsp3) is 0.188. The molecule has 2 rings (SSSR count). The van der Waals surface area contributed by atoms with E-state index < -0.39 is 0 Å². The van der Waals surface area contributed by atoms with E-state index in [4.69, 9.17) is 4.74 Å². The molecular weight excluding hydrogens is 238 g/mol. The normalized spacial score (nSPS) is 11.4. The first kappa shape index (κ1) is 13.1. The molecule has 1 aromatic carbocycles. The Labute approximate surface area is 113 Å². The summed E-state index contributed by atoms with van der Waals surface area (Å²) in [5, 5.41) is 0. The lowest BCUT2D eigenvalue weighted by Crippen LogP contribution is -2.05. The minimum absolute atomic E-state index is 0.275. The van der Waals surface area contributed by atoms with E-state index in [9.17, 15) is 4.79 Å². The van der Waals surface area contributed by atoms with Gasteiger partial charge in [0.2, 0.25) is 0 Å². The molecule has 1 aromatic heterocycles. The summed E-state index contributed by atoms with van der Waals surface area (Å²) in [4.78, 5) is 11.6. The van der Waals surface area contributed by atoms with Crippen LogP contribution in [0.25, 0.3) is 11.8 Å². The molecule has 0 aliphatic carbocycles. The van der Waals surface area contributed by atoms with Crippen LogP contribution in [0.4, 0.5) is 0 Å². The zero-order valence-corrected chi connectivity index (χ0v) is 11.2. The second kappa shape index (κ2) is 6.05. The average molecular weight is 255 g/mol. The Bertz CT molecular complexity index is 582. The average Bonchev–Trinajstić information content (AvgIpc) is 2.88. The second-order valence-electron chi connectivity index (χ2n) is 4.19. The third kappa shape index (κ3) is 3.13. The summed E-state index contributed by atoms with van der Waals surface area (Å²) < 4.78 is 7.01. The van der Waals surface area contributed by atoms with Crippen molar-refractivity contribution in [2.45, 2.75) is 13.8 Å². The topological polar surface area (TPSA) is 31.2 Å². The molecule has 0 bridgehead atoms. The van der Waals surface area contributed by atoms with E-state index >= 15 is 0 Å². The van der Waals surface area contributed by atoms with Crippen molar-refractivity contribution >= 4 is 12.0 Å². The van der Waals surface area contributed by atoms with Crippen LogP contribution in [-0.2, 0) is 9.53 Å². The SMILES string of the molecule is CCOC(=O)/C(C)=C\c1cccn1-c1ccccc1. The van der Waals surface area contributed by atoms with E-state index in [1.165, 1.54) is 0 Å². The Hall–Kier alpha value is -2.29. The Morgan fingerprint density at radius 3 is 2.63 bits per heavy atom. The van der Waals surface area contributed by atoms with Gasteiger partial charge in [0.05, 0.1) is 6.61 Å². The number of aromatic nitrogens is 1. The number of esters is 1. The van der Waals surface area contributed by atoms with Crippen molar-refractivity contribution in [3.63, 3.8) is 0 Å². The summed E-state index contributed by atoms with van der Waals surface area (Å²) in [6, 6.07) is 13.9. The zero-order chi connectivity index (χ0) is 13.7. The van der Waals surface area contributed by atoms with Crippen LogP contribution in [0.1, 0.15) is 19.5 Å². The van der Waals surface area contributed by atoms with Crippen LogP contribution in [0, 0.1) is 0 Å². The van der Waals surface area contributed by atoms with Crippen molar-refractivity contribution in [2.24, 2.45) is 0 Å². The van der Waals surface area contributed by atoms with Crippen molar-refractivity contribution < 1.29 is 9.53 Å². The van der Waals surface area contributed by atoms with Gasteiger partial charge in [-0.2, -0.15) is 0 Å². The molecule has 3 nitrogen and oxygen atoms in total. The third-order valence-electron chi connectivity index (χ3n) is 2.78. The van der Waals surface area contributed by atoms with Crippen LogP contribution >= 0.6 is 0 Å². The third-order valence-corrected chi connectivity index (χ3v) is 2.78. The Morgan fingerprint density at radius 1 is 1.21 bits per heavy atom. The quantitative estimate of drug-likeness (QED) is 0.619. The van der Waals surface area contributed by atoms with E-state index in [1.807, 2.05) is 59.3 Å². The van der Waals surface area contributed by atoms with Crippen LogP contribution in [0.5, 0.6) is 0 Å². The maximum Gasteiger partial charge on any atom is 0.333 e. The zero-order valence-electron chi connectivity index (χ0n) is 11.2. The lowest BCUT2D eigenvalue weighted by Gasteiger charge is -2.07. The highest BCUT2D eigenvalue weighted by molar-refractivity contribution is 5.92. The molecule has 0 unspecified atom stereocenters. The number of benzene rings is 1. The molecule has 0 aliphatic rings. The Balaban J connectivity index is 2.31. The van der Waals surface area contributed by atoms with Gasteiger partial charge >= 0.3 is 5.97 Å². The van der Waals surface area contributed by atoms with Gasteiger partial charge in [-0.3, -0.25) is 0 Å². The Kier molecular flexibility index (Phi) is 4.18. The number of hydrogen-bond acceptors (Lipinski definition) is 2. The first-order valence-corrected chi connectivity index (χ1v) is 6.30. The number of rotatable bonds is 4. The fourth-order valence-corrected chi connectivity index (χ4v) is 1.86. The van der Waals surface area contributed by atoms with E-state index in [0.717, 1.165) is 11.4 Å². The maximum atomic E-state index is 11.6. The van der Waals surface area contributed by atoms with Crippen molar-refractivity contribution in [1.82, 2.24) is 4.57 Å². The van der Waals surface area contributed by atoms with E-state index in [-0.39, 0.29) is 5.97 Å². The van der Waals surface area contributed by atoms with Crippen molar-refractivity contribution in [1.29, 1.82) is 0 Å². The minimum atomic E-state index is -0.275. The molecule has 0 aliphatic heterocycles. The van der Waals surface area contributed by atoms with Gasteiger partial charge in [0, 0.05) is 23.2 Å². The molecule has 3 heteroatoms. The number of ether oxygens (including phenoxy) is 1. The van der Waals surface area contributed by atoms with Crippen LogP contribution in [0.2, 0.25) is 0 Å². The van der Waals surface area contributed by atoms with Crippen LogP contribution in [-0.4, -0.2) is 17.1 Å². The Morgan fingerprint density at radius 2 is 1.95 bits per heavy atom. The predicted molar refractivity (Wildman–Crippen MR) is 76.1 cm³/mol. The van der Waals surface area contributed by atoms with Crippen LogP contribution in [0.15, 0.2) is 54.2 Å². The molecule has 0 fully saturated rings. The summed E-state index contributed by atoms with van der Waals surface area (Å²) in [5.41, 5.74) is 2.62. The molecule has 98 valence electrons. The number of carbonyl (C=O) groups excluding carboxylic acids is 1. The first-order chi connectivity index (χ1) is 9.22. The van der Waals surface area contributed by atoms with Gasteiger partial charge < -0.3 is 9.30 Å². The molecular formula is C16H17NO2. The van der Waals surface area contributed by atoms with E-state index in [1.54, 1.807) is 13.8 Å². The summed E-state index contributed by atoms with van der Waals surface area (Å²) in [5.74, 6) is -0.275.